The Morgan fingerprint density at radius 2 is 1.98 bits per heavy atom. The Labute approximate surface area is 249 Å². The minimum atomic E-state index is -0.530. The summed E-state index contributed by atoms with van der Waals surface area (Å²) in [5.74, 6) is 0.791. The number of carbonyl (C=O) groups is 2. The molecule has 2 amide bonds. The summed E-state index contributed by atoms with van der Waals surface area (Å²) in [5, 5.41) is 2.93. The smallest absolute Gasteiger partial charge is 0.327 e. The predicted molar refractivity (Wildman–Crippen MR) is 169 cm³/mol. The van der Waals surface area contributed by atoms with Gasteiger partial charge in [-0.05, 0) is 65.0 Å². The average molecular weight is 582 g/mol. The highest BCUT2D eigenvalue weighted by Gasteiger charge is 2.33. The van der Waals surface area contributed by atoms with Gasteiger partial charge in [-0.3, -0.25) is 14.7 Å². The number of nitrogens with one attached hydrogen (secondary N) is 1. The van der Waals surface area contributed by atoms with E-state index in [0.717, 1.165) is 29.9 Å². The largest absolute Gasteiger partial charge is 0.479 e. The Hall–Kier alpha value is -3.89. The number of amides is 2. The number of hydrogen-bond acceptors (Lipinski definition) is 9. The number of carbonyl (C=O) groups excluding carboxylic acids is 2. The summed E-state index contributed by atoms with van der Waals surface area (Å²) in [7, 11) is 3.11. The standard InChI is InChI=1S/C31H47N7O4/c1-10-13-37(18-19(3)22(11-2)29(39)42-31(5,6)7)25-15-20(4)34-27-23(25)12-14-38(27)30(40)35-24-16-21(17-33-8)26(32)36-28(24)41-9/h15-17,19,22H,10-14,18H2,1-9H3,(H2,32,36)(H,35,40). The lowest BCUT2D eigenvalue weighted by atomic mass is 9.90. The Bertz CT molecular complexity index is 1310. The highest BCUT2D eigenvalue weighted by Crippen LogP contribution is 2.37. The van der Waals surface area contributed by atoms with Gasteiger partial charge in [-0.15, -0.1) is 0 Å². The number of ether oxygens (including phenoxy) is 2. The van der Waals surface area contributed by atoms with Crippen molar-refractivity contribution in [2.24, 2.45) is 16.8 Å². The summed E-state index contributed by atoms with van der Waals surface area (Å²) in [6.07, 6.45) is 3.87. The first-order valence-electron chi connectivity index (χ1n) is 14.7. The number of nitrogen functional groups attached to an aromatic ring is 1. The molecule has 2 aromatic rings. The van der Waals surface area contributed by atoms with Crippen molar-refractivity contribution < 1.29 is 19.1 Å². The van der Waals surface area contributed by atoms with E-state index in [1.807, 2.05) is 34.6 Å². The summed E-state index contributed by atoms with van der Waals surface area (Å²) in [6, 6.07) is 3.44. The van der Waals surface area contributed by atoms with Crippen LogP contribution in [0.1, 0.15) is 71.2 Å². The molecule has 0 bridgehead atoms. The third-order valence-electron chi connectivity index (χ3n) is 7.22. The van der Waals surface area contributed by atoms with Gasteiger partial charge in [-0.1, -0.05) is 20.8 Å². The van der Waals surface area contributed by atoms with Gasteiger partial charge in [0.2, 0.25) is 5.88 Å². The topological polar surface area (TPSA) is 135 Å². The zero-order valence-corrected chi connectivity index (χ0v) is 26.6. The van der Waals surface area contributed by atoms with E-state index in [1.165, 1.54) is 7.11 Å². The van der Waals surface area contributed by atoms with Crippen molar-refractivity contribution in [3.05, 3.63) is 29.0 Å². The van der Waals surface area contributed by atoms with Crippen molar-refractivity contribution in [1.82, 2.24) is 9.97 Å². The third kappa shape index (κ3) is 7.68. The van der Waals surface area contributed by atoms with Crippen LogP contribution in [0.15, 0.2) is 17.1 Å². The van der Waals surface area contributed by atoms with Gasteiger partial charge in [-0.25, -0.2) is 9.78 Å². The van der Waals surface area contributed by atoms with Gasteiger partial charge in [0.25, 0.3) is 0 Å². The molecule has 0 spiro atoms. The van der Waals surface area contributed by atoms with Gasteiger partial charge in [-0.2, -0.15) is 4.98 Å². The van der Waals surface area contributed by atoms with Crippen LogP contribution in [0, 0.1) is 18.8 Å². The fourth-order valence-electron chi connectivity index (χ4n) is 5.37. The molecule has 3 N–H and O–H groups in total. The Balaban J connectivity index is 1.90. The van der Waals surface area contributed by atoms with E-state index < -0.39 is 5.60 Å². The van der Waals surface area contributed by atoms with Crippen LogP contribution in [-0.2, 0) is 16.0 Å². The van der Waals surface area contributed by atoms with Crippen molar-refractivity contribution in [3.8, 4) is 5.88 Å². The van der Waals surface area contributed by atoms with E-state index in [1.54, 1.807) is 24.2 Å². The van der Waals surface area contributed by atoms with Crippen molar-refractivity contribution >= 4 is 41.2 Å². The molecule has 0 fully saturated rings. The first-order chi connectivity index (χ1) is 19.8. The number of fused-ring (bicyclic) bond motifs is 1. The van der Waals surface area contributed by atoms with Crippen LogP contribution in [0.3, 0.4) is 0 Å². The monoisotopic (exact) mass is 581 g/mol. The fourth-order valence-corrected chi connectivity index (χ4v) is 5.37. The van der Waals surface area contributed by atoms with E-state index in [9.17, 15) is 9.59 Å². The predicted octanol–water partition coefficient (Wildman–Crippen LogP) is 5.24. The molecule has 1 aliphatic heterocycles. The molecule has 3 heterocycles. The number of aryl methyl sites for hydroxylation is 1. The molecule has 11 nitrogen and oxygen atoms in total. The van der Waals surface area contributed by atoms with Crippen LogP contribution >= 0.6 is 0 Å². The van der Waals surface area contributed by atoms with Gasteiger partial charge in [0.15, 0.2) is 0 Å². The molecule has 3 rings (SSSR count). The van der Waals surface area contributed by atoms with Crippen molar-refractivity contribution in [2.75, 3.05) is 54.6 Å². The first kappa shape index (κ1) is 32.6. The normalized spacial score (nSPS) is 14.5. The number of pyridine rings is 2. The molecule has 2 unspecified atom stereocenters. The number of anilines is 4. The highest BCUT2D eigenvalue weighted by molar-refractivity contribution is 6.04. The number of urea groups is 1. The molecule has 0 saturated heterocycles. The van der Waals surface area contributed by atoms with Gasteiger partial charge < -0.3 is 25.4 Å². The van der Waals surface area contributed by atoms with Gasteiger partial charge in [0.1, 0.15) is 22.9 Å². The van der Waals surface area contributed by atoms with E-state index >= 15 is 0 Å². The molecule has 42 heavy (non-hydrogen) atoms. The maximum Gasteiger partial charge on any atom is 0.327 e. The molecule has 0 radical (unpaired) electrons. The van der Waals surface area contributed by atoms with E-state index in [2.05, 4.69) is 40.1 Å². The number of methoxy groups -OCH3 is 1. The van der Waals surface area contributed by atoms with E-state index in [4.69, 9.17) is 20.2 Å². The Morgan fingerprint density at radius 1 is 1.26 bits per heavy atom. The molecule has 230 valence electrons. The van der Waals surface area contributed by atoms with Crippen molar-refractivity contribution in [1.29, 1.82) is 0 Å². The van der Waals surface area contributed by atoms with E-state index in [0.29, 0.717) is 43.0 Å². The van der Waals surface area contributed by atoms with E-state index in [-0.39, 0.29) is 35.5 Å². The fraction of sp³-hybridized carbons (Fsp3) is 0.581. The Kier molecular flexibility index (Phi) is 10.8. The summed E-state index contributed by atoms with van der Waals surface area (Å²) in [5.41, 5.74) is 9.33. The number of rotatable bonds is 11. The van der Waals surface area contributed by atoms with Crippen LogP contribution in [0.5, 0.6) is 5.88 Å². The second-order valence-corrected chi connectivity index (χ2v) is 11.8. The Morgan fingerprint density at radius 3 is 2.57 bits per heavy atom. The average Bonchev–Trinajstić information content (AvgIpc) is 3.33. The maximum absolute atomic E-state index is 13.6. The summed E-state index contributed by atoms with van der Waals surface area (Å²) in [6.45, 7) is 15.9. The summed E-state index contributed by atoms with van der Waals surface area (Å²) in [4.78, 5) is 43.6. The summed E-state index contributed by atoms with van der Waals surface area (Å²) >= 11 is 0. The van der Waals surface area contributed by atoms with Gasteiger partial charge in [0, 0.05) is 55.4 Å². The van der Waals surface area contributed by atoms with Crippen LogP contribution < -0.4 is 25.6 Å². The van der Waals surface area contributed by atoms with Crippen LogP contribution in [0.4, 0.5) is 27.8 Å². The second-order valence-electron chi connectivity index (χ2n) is 11.8. The van der Waals surface area contributed by atoms with Crippen LogP contribution in [-0.4, -0.2) is 67.6 Å². The third-order valence-corrected chi connectivity index (χ3v) is 7.22. The maximum atomic E-state index is 13.6. The highest BCUT2D eigenvalue weighted by atomic mass is 16.6. The van der Waals surface area contributed by atoms with Gasteiger partial charge >= 0.3 is 12.0 Å². The lowest BCUT2D eigenvalue weighted by Crippen LogP contribution is -2.38. The number of esters is 1. The molecule has 2 aromatic heterocycles. The van der Waals surface area contributed by atoms with Crippen molar-refractivity contribution in [3.63, 3.8) is 0 Å². The van der Waals surface area contributed by atoms with Crippen LogP contribution in [0.25, 0.3) is 0 Å². The van der Waals surface area contributed by atoms with Gasteiger partial charge in [0.05, 0.1) is 13.0 Å². The lowest BCUT2D eigenvalue weighted by Gasteiger charge is -2.33. The number of nitrogens with two attached hydrogens (primary N) is 1. The number of nitrogens with zero attached hydrogens (tertiary/aromatic N) is 5. The summed E-state index contributed by atoms with van der Waals surface area (Å²) < 4.78 is 11.1. The minimum Gasteiger partial charge on any atom is -0.479 e. The SMILES string of the molecule is CCCN(CC(C)C(CC)C(=O)OC(C)(C)C)c1cc(C)nc2c1CCN2C(=O)Nc1cc(C=NC)c(N)nc1OC. The molecule has 0 saturated carbocycles. The molecular formula is C31H47N7O4. The van der Waals surface area contributed by atoms with Crippen LogP contribution in [0.2, 0.25) is 0 Å². The molecule has 0 aromatic carbocycles. The molecule has 2 atom stereocenters. The molecule has 0 aliphatic carbocycles. The zero-order valence-electron chi connectivity index (χ0n) is 26.6. The van der Waals surface area contributed by atoms with Crippen molar-refractivity contribution in [2.45, 2.75) is 73.3 Å². The molecular weight excluding hydrogens is 534 g/mol. The number of aliphatic imine (C=N–C) groups is 1. The quantitative estimate of drug-likeness (QED) is 0.272. The zero-order chi connectivity index (χ0) is 31.2. The molecule has 11 heteroatoms. The second kappa shape index (κ2) is 13.8. The number of hydrogen-bond donors (Lipinski definition) is 2. The lowest BCUT2D eigenvalue weighted by molar-refractivity contribution is -0.161. The molecule has 1 aliphatic rings. The number of aromatic nitrogens is 2. The first-order valence-corrected chi connectivity index (χ1v) is 14.7. The minimum absolute atomic E-state index is 0.0627.